The fourth-order valence-electron chi connectivity index (χ4n) is 5.21. The molecule has 0 aliphatic carbocycles. The standard InChI is InChI=1S/C26H26F3N7O/c1-14-19(28)9-20-17(11-31-34-20)21(14)24-22(29)23-18(10-30-24)25(36-8-3-5-15(27)12-36)33-26(32-23)37-13-16-6-4-7-35(16)2/h5,9-11,16H,3-4,6-8,12-13H2,1-2H3,(H,31,34). The van der Waals surface area contributed by atoms with Crippen molar-refractivity contribution in [3.05, 3.63) is 47.6 Å². The van der Waals surface area contributed by atoms with Gasteiger partial charge in [0, 0.05) is 29.7 Å². The summed E-state index contributed by atoms with van der Waals surface area (Å²) in [5, 5.41) is 7.59. The van der Waals surface area contributed by atoms with Gasteiger partial charge in [-0.2, -0.15) is 15.1 Å². The molecule has 0 spiro atoms. The van der Waals surface area contributed by atoms with Crippen LogP contribution >= 0.6 is 0 Å². The van der Waals surface area contributed by atoms with E-state index in [9.17, 15) is 8.78 Å². The van der Waals surface area contributed by atoms with Crippen molar-refractivity contribution in [2.45, 2.75) is 32.2 Å². The molecule has 192 valence electrons. The molecule has 1 unspecified atom stereocenters. The van der Waals surface area contributed by atoms with Gasteiger partial charge in [-0.15, -0.1) is 0 Å². The second-order valence-corrected chi connectivity index (χ2v) is 9.65. The van der Waals surface area contributed by atoms with Crippen LogP contribution in [0.5, 0.6) is 6.01 Å². The first-order valence-electron chi connectivity index (χ1n) is 12.3. The Morgan fingerprint density at radius 3 is 2.78 bits per heavy atom. The number of ether oxygens (including phenoxy) is 1. The van der Waals surface area contributed by atoms with Crippen LogP contribution in [0.15, 0.2) is 30.4 Å². The molecule has 1 atom stereocenters. The highest BCUT2D eigenvalue weighted by Gasteiger charge is 2.26. The lowest BCUT2D eigenvalue weighted by molar-refractivity contribution is 0.188. The highest BCUT2D eigenvalue weighted by molar-refractivity contribution is 5.99. The van der Waals surface area contributed by atoms with Gasteiger partial charge in [-0.1, -0.05) is 0 Å². The summed E-state index contributed by atoms with van der Waals surface area (Å²) in [5.74, 6) is -1.16. The molecular weight excluding hydrogens is 483 g/mol. The van der Waals surface area contributed by atoms with Crippen LogP contribution in [0.25, 0.3) is 33.1 Å². The number of aromatic nitrogens is 5. The predicted octanol–water partition coefficient (Wildman–Crippen LogP) is 4.69. The Balaban J connectivity index is 1.50. The lowest BCUT2D eigenvalue weighted by atomic mass is 9.99. The van der Waals surface area contributed by atoms with Crippen molar-refractivity contribution in [2.75, 3.05) is 38.2 Å². The van der Waals surface area contributed by atoms with E-state index in [2.05, 4.69) is 30.0 Å². The van der Waals surface area contributed by atoms with E-state index >= 15 is 4.39 Å². The zero-order valence-electron chi connectivity index (χ0n) is 20.6. The van der Waals surface area contributed by atoms with Gasteiger partial charge >= 0.3 is 6.01 Å². The number of nitrogens with one attached hydrogen (secondary N) is 1. The minimum Gasteiger partial charge on any atom is -0.462 e. The van der Waals surface area contributed by atoms with Crippen LogP contribution in [0.3, 0.4) is 0 Å². The number of hydrogen-bond donors (Lipinski definition) is 1. The molecule has 5 heterocycles. The number of halogens is 3. The molecule has 4 aromatic rings. The van der Waals surface area contributed by atoms with E-state index < -0.39 is 11.6 Å². The van der Waals surface area contributed by atoms with Crippen molar-refractivity contribution in [3.8, 4) is 17.3 Å². The van der Waals surface area contributed by atoms with E-state index in [1.165, 1.54) is 24.5 Å². The minimum atomic E-state index is -0.729. The molecule has 0 amide bonds. The Morgan fingerprint density at radius 2 is 2.00 bits per heavy atom. The molecule has 0 saturated carbocycles. The topological polar surface area (TPSA) is 83.1 Å². The van der Waals surface area contributed by atoms with Crippen molar-refractivity contribution < 1.29 is 17.9 Å². The van der Waals surface area contributed by atoms with Gasteiger partial charge in [0.05, 0.1) is 23.6 Å². The highest BCUT2D eigenvalue weighted by atomic mass is 19.1. The number of anilines is 1. The van der Waals surface area contributed by atoms with Crippen LogP contribution in [0.1, 0.15) is 24.8 Å². The summed E-state index contributed by atoms with van der Waals surface area (Å²) in [6.45, 7) is 3.43. The third kappa shape index (κ3) is 4.16. The molecule has 2 aliphatic rings. The monoisotopic (exact) mass is 509 g/mol. The lowest BCUT2D eigenvalue weighted by Gasteiger charge is -2.27. The predicted molar refractivity (Wildman–Crippen MR) is 134 cm³/mol. The van der Waals surface area contributed by atoms with Gasteiger partial charge in [-0.05, 0) is 57.5 Å². The van der Waals surface area contributed by atoms with E-state index in [-0.39, 0.29) is 41.2 Å². The Labute approximate surface area is 211 Å². The lowest BCUT2D eigenvalue weighted by Crippen LogP contribution is -2.32. The van der Waals surface area contributed by atoms with Crippen molar-refractivity contribution in [2.24, 2.45) is 0 Å². The quantitative estimate of drug-likeness (QED) is 0.418. The van der Waals surface area contributed by atoms with Gasteiger partial charge in [0.25, 0.3) is 0 Å². The fraction of sp³-hybridized carbons (Fsp3) is 0.385. The van der Waals surface area contributed by atoms with Crippen LogP contribution in [-0.2, 0) is 0 Å². The molecule has 1 N–H and O–H groups in total. The maximum Gasteiger partial charge on any atom is 0.319 e. The maximum absolute atomic E-state index is 16.2. The molecule has 2 aliphatic heterocycles. The van der Waals surface area contributed by atoms with Gasteiger partial charge in [0.2, 0.25) is 0 Å². The van der Waals surface area contributed by atoms with E-state index in [1.807, 2.05) is 7.05 Å². The summed E-state index contributed by atoms with van der Waals surface area (Å²) in [5.41, 5.74) is 0.915. The summed E-state index contributed by atoms with van der Waals surface area (Å²) >= 11 is 0. The van der Waals surface area contributed by atoms with Crippen molar-refractivity contribution in [1.82, 2.24) is 30.0 Å². The van der Waals surface area contributed by atoms with Crippen LogP contribution in [0.4, 0.5) is 19.0 Å². The molecule has 0 radical (unpaired) electrons. The van der Waals surface area contributed by atoms with E-state index in [0.717, 1.165) is 19.4 Å². The molecule has 11 heteroatoms. The summed E-state index contributed by atoms with van der Waals surface area (Å²) in [6, 6.07) is 1.55. The van der Waals surface area contributed by atoms with Crippen LogP contribution in [0, 0.1) is 18.6 Å². The van der Waals surface area contributed by atoms with Crippen LogP contribution in [0.2, 0.25) is 0 Å². The van der Waals surface area contributed by atoms with Crippen LogP contribution < -0.4 is 9.64 Å². The normalized spacial score (nSPS) is 18.7. The van der Waals surface area contributed by atoms with Gasteiger partial charge in [0.1, 0.15) is 35.3 Å². The number of aromatic amines is 1. The van der Waals surface area contributed by atoms with E-state index in [1.54, 1.807) is 11.8 Å². The van der Waals surface area contributed by atoms with Gasteiger partial charge in [-0.3, -0.25) is 10.1 Å². The summed E-state index contributed by atoms with van der Waals surface area (Å²) in [7, 11) is 2.03. The molecule has 1 saturated heterocycles. The third-order valence-electron chi connectivity index (χ3n) is 7.31. The molecule has 37 heavy (non-hydrogen) atoms. The summed E-state index contributed by atoms with van der Waals surface area (Å²) in [4.78, 5) is 17.3. The Hall–Kier alpha value is -3.73. The van der Waals surface area contributed by atoms with Crippen LogP contribution in [-0.4, -0.2) is 69.4 Å². The molecular formula is C26H26F3N7O. The number of benzene rings is 1. The zero-order valence-corrected chi connectivity index (χ0v) is 20.6. The first-order valence-corrected chi connectivity index (χ1v) is 12.3. The number of pyridine rings is 1. The first kappa shape index (κ1) is 23.7. The van der Waals surface area contributed by atoms with Crippen molar-refractivity contribution in [3.63, 3.8) is 0 Å². The molecule has 3 aromatic heterocycles. The largest absolute Gasteiger partial charge is 0.462 e. The van der Waals surface area contributed by atoms with Crippen molar-refractivity contribution in [1.29, 1.82) is 0 Å². The average Bonchev–Trinajstić information content (AvgIpc) is 3.52. The third-order valence-corrected chi connectivity index (χ3v) is 7.31. The molecule has 8 nitrogen and oxygen atoms in total. The fourth-order valence-corrected chi connectivity index (χ4v) is 5.21. The number of likely N-dealkylation sites (tertiary alicyclic amines) is 1. The number of hydrogen-bond acceptors (Lipinski definition) is 7. The zero-order chi connectivity index (χ0) is 25.7. The Morgan fingerprint density at radius 1 is 1.14 bits per heavy atom. The Kier molecular flexibility index (Phi) is 5.94. The van der Waals surface area contributed by atoms with Crippen molar-refractivity contribution >= 4 is 27.6 Å². The Bertz CT molecular complexity index is 1540. The van der Waals surface area contributed by atoms with Gasteiger partial charge < -0.3 is 14.5 Å². The SMILES string of the molecule is Cc1c(F)cc2[nH]ncc2c1-c1ncc2c(N3CCC=C(F)C3)nc(OCC3CCCN3C)nc2c1F. The number of likely N-dealkylation sites (N-methyl/N-ethyl adjacent to an activating group) is 1. The molecule has 6 rings (SSSR count). The number of nitrogens with zero attached hydrogens (tertiary/aromatic N) is 6. The highest BCUT2D eigenvalue weighted by Crippen LogP contribution is 2.37. The van der Waals surface area contributed by atoms with E-state index in [0.29, 0.717) is 47.2 Å². The number of H-pyrrole nitrogens is 1. The second-order valence-electron chi connectivity index (χ2n) is 9.65. The van der Waals surface area contributed by atoms with Gasteiger partial charge in [-0.25, -0.2) is 13.2 Å². The van der Waals surface area contributed by atoms with Gasteiger partial charge in [0.15, 0.2) is 5.82 Å². The molecule has 1 aromatic carbocycles. The smallest absolute Gasteiger partial charge is 0.319 e. The van der Waals surface area contributed by atoms with E-state index in [4.69, 9.17) is 4.74 Å². The molecule has 1 fully saturated rings. The minimum absolute atomic E-state index is 0.0123. The number of fused-ring (bicyclic) bond motifs is 2. The summed E-state index contributed by atoms with van der Waals surface area (Å²) < 4.78 is 51.1. The average molecular weight is 510 g/mol. The number of rotatable bonds is 5. The molecule has 0 bridgehead atoms. The summed E-state index contributed by atoms with van der Waals surface area (Å²) in [6.07, 6.45) is 7.07. The maximum atomic E-state index is 16.2. The first-order chi connectivity index (χ1) is 17.9. The second kappa shape index (κ2) is 9.29.